The summed E-state index contributed by atoms with van der Waals surface area (Å²) in [5, 5.41) is 5.00. The number of rotatable bonds is 7. The average Bonchev–Trinajstić information content (AvgIpc) is 4.39. The lowest BCUT2D eigenvalue weighted by molar-refractivity contribution is 0.769. The first kappa shape index (κ1) is 42.7. The van der Waals surface area contributed by atoms with E-state index in [1.165, 1.54) is 122 Å². The molecule has 16 rings (SSSR count). The van der Waals surface area contributed by atoms with Gasteiger partial charge in [-0.15, -0.1) is 0 Å². The summed E-state index contributed by atoms with van der Waals surface area (Å²) in [6.45, 7) is 0. The molecule has 0 spiro atoms. The van der Waals surface area contributed by atoms with E-state index in [1.54, 1.807) is 0 Å². The van der Waals surface area contributed by atoms with Crippen LogP contribution in [0.2, 0.25) is 0 Å². The summed E-state index contributed by atoms with van der Waals surface area (Å²) in [6.07, 6.45) is 0. The summed E-state index contributed by atoms with van der Waals surface area (Å²) in [4.78, 5) is 0. The van der Waals surface area contributed by atoms with E-state index in [-0.39, 0.29) is 0 Å². The molecule has 2 aliphatic carbocycles. The van der Waals surface area contributed by atoms with Crippen LogP contribution in [0, 0.1) is 0 Å². The normalized spacial score (nSPS) is 13.7. The highest BCUT2D eigenvalue weighted by molar-refractivity contribution is 6.13. The van der Waals surface area contributed by atoms with Crippen molar-refractivity contribution in [3.63, 3.8) is 0 Å². The standard InChI is InChI=1S/C74H48N2/c1-5-21-51(22-6-1)73(52-23-7-2-8-24-52)65-33-17-13-29-57(65)61-47-71-63(45-67(61)73)59-31-15-19-35-69(59)75(71)55-41-37-49(38-42-55)50-39-43-56(44-40-50)76-70-36-20-16-32-60(70)64-46-68-62(48-72(64)76)58-30-14-18-34-66(58)74(68,53-25-9-3-10-26-53)54-27-11-4-12-28-54/h1-48H. The molecule has 76 heavy (non-hydrogen) atoms. The van der Waals surface area contributed by atoms with Crippen LogP contribution in [0.25, 0.3) is 88.4 Å². The maximum absolute atomic E-state index is 2.51. The lowest BCUT2D eigenvalue weighted by Crippen LogP contribution is -2.28. The lowest BCUT2D eigenvalue weighted by atomic mass is 9.67. The number of hydrogen-bond donors (Lipinski definition) is 0. The number of benzene rings is 12. The molecule has 0 radical (unpaired) electrons. The minimum atomic E-state index is -0.463. The first-order valence-electron chi connectivity index (χ1n) is 26.5. The van der Waals surface area contributed by atoms with E-state index in [1.807, 2.05) is 0 Å². The Bertz CT molecular complexity index is 4210. The van der Waals surface area contributed by atoms with Crippen LogP contribution in [0.1, 0.15) is 44.5 Å². The van der Waals surface area contributed by atoms with Crippen LogP contribution in [-0.4, -0.2) is 9.13 Å². The lowest BCUT2D eigenvalue weighted by Gasteiger charge is -2.34. The van der Waals surface area contributed by atoms with Crippen molar-refractivity contribution in [2.45, 2.75) is 10.8 Å². The van der Waals surface area contributed by atoms with E-state index in [2.05, 4.69) is 300 Å². The molecule has 0 bridgehead atoms. The summed E-state index contributed by atoms with van der Waals surface area (Å²) >= 11 is 0. The molecule has 354 valence electrons. The number of nitrogens with zero attached hydrogens (tertiary/aromatic N) is 2. The van der Waals surface area contributed by atoms with Crippen molar-refractivity contribution in [1.82, 2.24) is 9.13 Å². The first-order valence-corrected chi connectivity index (χ1v) is 26.5. The minimum Gasteiger partial charge on any atom is -0.309 e. The Labute approximate surface area is 441 Å². The quantitative estimate of drug-likeness (QED) is 0.151. The van der Waals surface area contributed by atoms with Crippen LogP contribution in [-0.2, 0) is 10.8 Å². The maximum atomic E-state index is 2.51. The van der Waals surface area contributed by atoms with Crippen molar-refractivity contribution < 1.29 is 0 Å². The summed E-state index contributed by atoms with van der Waals surface area (Å²) in [6, 6.07) is 109. The summed E-state index contributed by atoms with van der Waals surface area (Å²) < 4.78 is 4.93. The van der Waals surface area contributed by atoms with Gasteiger partial charge in [-0.25, -0.2) is 0 Å². The molecule has 0 aliphatic heterocycles. The fraction of sp³-hybridized carbons (Fsp3) is 0.0270. The van der Waals surface area contributed by atoms with Crippen LogP contribution in [0.3, 0.4) is 0 Å². The zero-order valence-corrected chi connectivity index (χ0v) is 41.6. The van der Waals surface area contributed by atoms with Gasteiger partial charge in [-0.3, -0.25) is 0 Å². The molecule has 0 fully saturated rings. The Kier molecular flexibility index (Phi) is 9.20. The minimum absolute atomic E-state index is 0.463. The molecule has 2 aliphatic rings. The third-order valence-corrected chi connectivity index (χ3v) is 17.1. The monoisotopic (exact) mass is 964 g/mol. The van der Waals surface area contributed by atoms with Gasteiger partial charge < -0.3 is 9.13 Å². The van der Waals surface area contributed by atoms with Gasteiger partial charge >= 0.3 is 0 Å². The van der Waals surface area contributed by atoms with Crippen LogP contribution in [0.4, 0.5) is 0 Å². The molecular weight excluding hydrogens is 917 g/mol. The van der Waals surface area contributed by atoms with Crippen molar-refractivity contribution in [1.29, 1.82) is 0 Å². The Morgan fingerprint density at radius 2 is 0.526 bits per heavy atom. The van der Waals surface area contributed by atoms with Gasteiger partial charge in [0.25, 0.3) is 0 Å². The number of para-hydroxylation sites is 2. The van der Waals surface area contributed by atoms with E-state index in [0.29, 0.717) is 0 Å². The molecule has 0 N–H and O–H groups in total. The highest BCUT2D eigenvalue weighted by atomic mass is 15.0. The van der Waals surface area contributed by atoms with Crippen LogP contribution >= 0.6 is 0 Å². The molecule has 0 saturated heterocycles. The topological polar surface area (TPSA) is 9.86 Å². The Balaban J connectivity index is 0.811. The third-order valence-electron chi connectivity index (χ3n) is 17.1. The van der Waals surface area contributed by atoms with E-state index in [9.17, 15) is 0 Å². The molecule has 0 amide bonds. The summed E-state index contributed by atoms with van der Waals surface area (Å²) in [7, 11) is 0. The second kappa shape index (κ2) is 16.4. The molecule has 2 aromatic heterocycles. The van der Waals surface area contributed by atoms with Gasteiger partial charge in [-0.05, 0) is 139 Å². The molecule has 2 heterocycles. The molecule has 2 nitrogen and oxygen atoms in total. The number of aromatic nitrogens is 2. The highest BCUT2D eigenvalue weighted by Gasteiger charge is 2.48. The van der Waals surface area contributed by atoms with Gasteiger partial charge in [0.1, 0.15) is 0 Å². The van der Waals surface area contributed by atoms with Crippen LogP contribution in [0.5, 0.6) is 0 Å². The van der Waals surface area contributed by atoms with Crippen LogP contribution in [0.15, 0.2) is 291 Å². The van der Waals surface area contributed by atoms with Gasteiger partial charge in [-0.1, -0.05) is 231 Å². The predicted molar refractivity (Wildman–Crippen MR) is 315 cm³/mol. The molecule has 14 aromatic rings. The maximum Gasteiger partial charge on any atom is 0.0713 e. The van der Waals surface area contributed by atoms with Crippen LogP contribution < -0.4 is 0 Å². The fourth-order valence-electron chi connectivity index (χ4n) is 14.0. The molecule has 0 unspecified atom stereocenters. The second-order valence-electron chi connectivity index (χ2n) is 20.7. The molecule has 0 atom stereocenters. The molecule has 12 aromatic carbocycles. The van der Waals surface area contributed by atoms with Crippen molar-refractivity contribution in [2.75, 3.05) is 0 Å². The van der Waals surface area contributed by atoms with Gasteiger partial charge in [0.05, 0.1) is 32.9 Å². The van der Waals surface area contributed by atoms with E-state index in [4.69, 9.17) is 0 Å². The number of hydrogen-bond acceptors (Lipinski definition) is 0. The largest absolute Gasteiger partial charge is 0.309 e. The first-order chi connectivity index (χ1) is 37.7. The summed E-state index contributed by atoms with van der Waals surface area (Å²) in [5.41, 5.74) is 24.0. The zero-order valence-electron chi connectivity index (χ0n) is 41.6. The third kappa shape index (κ3) is 5.81. The average molecular weight is 965 g/mol. The van der Waals surface area contributed by atoms with E-state index < -0.39 is 10.8 Å². The SMILES string of the molecule is c1ccc(C2(c3ccccc3)c3ccccc3-c3cc4c(cc32)c2ccccc2n4-c2ccc(-c3ccc(-n4c5ccccc5c5cc6c(cc54)-c4ccccc4C6(c4ccccc4)c4ccccc4)cc3)cc2)cc1. The Morgan fingerprint density at radius 1 is 0.211 bits per heavy atom. The van der Waals surface area contributed by atoms with Crippen molar-refractivity contribution >= 4 is 43.6 Å². The predicted octanol–water partition coefficient (Wildman–Crippen LogP) is 18.3. The van der Waals surface area contributed by atoms with E-state index >= 15 is 0 Å². The Morgan fingerprint density at radius 3 is 0.895 bits per heavy atom. The molecular formula is C74H48N2. The summed E-state index contributed by atoms with van der Waals surface area (Å²) in [5.74, 6) is 0. The second-order valence-corrected chi connectivity index (χ2v) is 20.7. The Hall–Kier alpha value is -9.76. The fourth-order valence-corrected chi connectivity index (χ4v) is 14.0. The zero-order chi connectivity index (χ0) is 50.0. The van der Waals surface area contributed by atoms with E-state index in [0.717, 1.165) is 11.4 Å². The van der Waals surface area contributed by atoms with Crippen molar-refractivity contribution in [2.24, 2.45) is 0 Å². The molecule has 0 saturated carbocycles. The van der Waals surface area contributed by atoms with Gasteiger partial charge in [-0.2, -0.15) is 0 Å². The van der Waals surface area contributed by atoms with Crippen molar-refractivity contribution in [3.8, 4) is 44.8 Å². The number of fused-ring (bicyclic) bond motifs is 12. The van der Waals surface area contributed by atoms with Crippen molar-refractivity contribution in [3.05, 3.63) is 336 Å². The molecule has 2 heteroatoms. The highest BCUT2D eigenvalue weighted by Crippen LogP contribution is 2.59. The van der Waals surface area contributed by atoms with Gasteiger partial charge in [0.2, 0.25) is 0 Å². The smallest absolute Gasteiger partial charge is 0.0713 e. The van der Waals surface area contributed by atoms with Gasteiger partial charge in [0, 0.05) is 32.9 Å². The van der Waals surface area contributed by atoms with Gasteiger partial charge in [0.15, 0.2) is 0 Å².